The van der Waals surface area contributed by atoms with E-state index in [1.807, 2.05) is 43.3 Å². The van der Waals surface area contributed by atoms with Gasteiger partial charge in [0, 0.05) is 27.9 Å². The fraction of sp³-hybridized carbons (Fsp3) is 0.261. The normalized spacial score (nSPS) is 16.8. The first-order chi connectivity index (χ1) is 14.8. The third kappa shape index (κ3) is 4.61. The number of nitrogens with zero attached hydrogens (tertiary/aromatic N) is 3. The number of benzene rings is 2. The molecule has 1 atom stereocenters. The van der Waals surface area contributed by atoms with Crippen LogP contribution in [0.1, 0.15) is 38.3 Å². The molecule has 0 saturated carbocycles. The van der Waals surface area contributed by atoms with E-state index in [9.17, 15) is 0 Å². The molecular weight excluding hydrogens is 451 g/mol. The first-order valence-corrected chi connectivity index (χ1v) is 11.1. The molecule has 0 bridgehead atoms. The van der Waals surface area contributed by atoms with E-state index >= 15 is 0 Å². The van der Waals surface area contributed by atoms with Gasteiger partial charge in [-0.05, 0) is 67.0 Å². The highest BCUT2D eigenvalue weighted by Crippen LogP contribution is 2.38. The summed E-state index contributed by atoms with van der Waals surface area (Å²) < 4.78 is 5.73. The smallest absolute Gasteiger partial charge is 0.258 e. The lowest BCUT2D eigenvalue weighted by molar-refractivity contribution is 0.386. The number of thiocarbonyl (C=S) groups is 1. The summed E-state index contributed by atoms with van der Waals surface area (Å²) in [7, 11) is 0. The average molecular weight is 473 g/mol. The Morgan fingerprint density at radius 2 is 1.87 bits per heavy atom. The predicted octanol–water partition coefficient (Wildman–Crippen LogP) is 6.36. The van der Waals surface area contributed by atoms with E-state index < -0.39 is 0 Å². The molecule has 4 rings (SSSR count). The van der Waals surface area contributed by atoms with Crippen molar-refractivity contribution in [1.29, 1.82) is 0 Å². The van der Waals surface area contributed by atoms with Gasteiger partial charge >= 0.3 is 0 Å². The van der Waals surface area contributed by atoms with Crippen molar-refractivity contribution in [2.75, 3.05) is 6.54 Å². The van der Waals surface area contributed by atoms with Gasteiger partial charge < -0.3 is 14.7 Å². The number of rotatable bonds is 5. The van der Waals surface area contributed by atoms with Gasteiger partial charge in [0.15, 0.2) is 5.11 Å². The Balaban J connectivity index is 1.82. The molecule has 1 N–H and O–H groups in total. The van der Waals surface area contributed by atoms with Crippen LogP contribution in [0.15, 0.2) is 58.8 Å². The SMILES string of the molecule is CC1=C(c2nc(-c3ccc(Cl)cc3)no2)C(c2cccc(Cl)c2)NC(=S)N1CC(C)C. The van der Waals surface area contributed by atoms with Crippen LogP contribution >= 0.6 is 35.4 Å². The van der Waals surface area contributed by atoms with Gasteiger partial charge in [0.05, 0.1) is 11.6 Å². The van der Waals surface area contributed by atoms with Crippen LogP contribution in [0.5, 0.6) is 0 Å². The van der Waals surface area contributed by atoms with Gasteiger partial charge in [-0.2, -0.15) is 4.98 Å². The van der Waals surface area contributed by atoms with E-state index in [0.717, 1.165) is 28.9 Å². The number of halogens is 2. The third-order valence-electron chi connectivity index (χ3n) is 5.08. The number of hydrogen-bond donors (Lipinski definition) is 1. The Morgan fingerprint density at radius 1 is 1.13 bits per heavy atom. The van der Waals surface area contributed by atoms with E-state index in [4.69, 9.17) is 44.9 Å². The van der Waals surface area contributed by atoms with Crippen molar-refractivity contribution >= 4 is 46.1 Å². The van der Waals surface area contributed by atoms with Gasteiger partial charge in [0.2, 0.25) is 5.82 Å². The summed E-state index contributed by atoms with van der Waals surface area (Å²) in [5, 5.41) is 9.62. The number of nitrogens with one attached hydrogen (secondary N) is 1. The Hall–Kier alpha value is -2.41. The lowest BCUT2D eigenvalue weighted by atomic mass is 9.94. The van der Waals surface area contributed by atoms with Crippen LogP contribution in [0.3, 0.4) is 0 Å². The molecule has 1 aliphatic heterocycles. The lowest BCUT2D eigenvalue weighted by Gasteiger charge is -2.38. The molecule has 2 aromatic carbocycles. The van der Waals surface area contributed by atoms with Crippen LogP contribution in [0, 0.1) is 5.92 Å². The molecule has 31 heavy (non-hydrogen) atoms. The Morgan fingerprint density at radius 3 is 2.55 bits per heavy atom. The van der Waals surface area contributed by atoms with Gasteiger partial charge in [-0.25, -0.2) is 0 Å². The van der Waals surface area contributed by atoms with Gasteiger partial charge in [-0.15, -0.1) is 0 Å². The zero-order valence-electron chi connectivity index (χ0n) is 17.4. The summed E-state index contributed by atoms with van der Waals surface area (Å²) in [5.74, 6) is 1.36. The Labute approximate surface area is 197 Å². The molecule has 1 aromatic heterocycles. The molecule has 0 amide bonds. The van der Waals surface area contributed by atoms with E-state index in [-0.39, 0.29) is 6.04 Å². The topological polar surface area (TPSA) is 54.2 Å². The monoisotopic (exact) mass is 472 g/mol. The predicted molar refractivity (Wildman–Crippen MR) is 129 cm³/mol. The van der Waals surface area contributed by atoms with Crippen LogP contribution < -0.4 is 5.32 Å². The quantitative estimate of drug-likeness (QED) is 0.435. The summed E-state index contributed by atoms with van der Waals surface area (Å²) in [6, 6.07) is 14.8. The fourth-order valence-corrected chi connectivity index (χ4v) is 4.28. The maximum atomic E-state index is 6.28. The van der Waals surface area contributed by atoms with Gasteiger partial charge in [-0.3, -0.25) is 0 Å². The van der Waals surface area contributed by atoms with E-state index in [1.165, 1.54) is 0 Å². The molecule has 1 unspecified atom stereocenters. The number of aromatic nitrogens is 2. The van der Waals surface area contributed by atoms with Crippen molar-refractivity contribution in [2.45, 2.75) is 26.8 Å². The molecule has 1 aliphatic rings. The van der Waals surface area contributed by atoms with Crippen LogP contribution in [0.25, 0.3) is 17.0 Å². The summed E-state index contributed by atoms with van der Waals surface area (Å²) in [5.41, 5.74) is 3.66. The van der Waals surface area contributed by atoms with Crippen molar-refractivity contribution < 1.29 is 4.52 Å². The largest absolute Gasteiger partial charge is 0.351 e. The van der Waals surface area contributed by atoms with Gasteiger partial charge in [0.25, 0.3) is 5.89 Å². The van der Waals surface area contributed by atoms with Crippen molar-refractivity contribution in [2.24, 2.45) is 5.92 Å². The number of allylic oxidation sites excluding steroid dienone is 1. The number of hydrogen-bond acceptors (Lipinski definition) is 4. The van der Waals surface area contributed by atoms with Crippen LogP contribution in [0.4, 0.5) is 0 Å². The molecule has 0 spiro atoms. The first-order valence-electron chi connectivity index (χ1n) is 9.97. The lowest BCUT2D eigenvalue weighted by Crippen LogP contribution is -2.47. The van der Waals surface area contributed by atoms with E-state index in [1.54, 1.807) is 12.1 Å². The van der Waals surface area contributed by atoms with Gasteiger partial charge in [0.1, 0.15) is 0 Å². The Kier molecular flexibility index (Phi) is 6.32. The second-order valence-corrected chi connectivity index (χ2v) is 9.13. The van der Waals surface area contributed by atoms with Crippen LogP contribution in [-0.2, 0) is 0 Å². The molecule has 5 nitrogen and oxygen atoms in total. The molecular formula is C23H22Cl2N4OS. The summed E-state index contributed by atoms with van der Waals surface area (Å²) in [6.07, 6.45) is 0. The second kappa shape index (κ2) is 8.99. The van der Waals surface area contributed by atoms with E-state index in [2.05, 4.69) is 29.2 Å². The van der Waals surface area contributed by atoms with Crippen molar-refractivity contribution in [3.8, 4) is 11.4 Å². The minimum Gasteiger partial charge on any atom is -0.351 e. The molecule has 8 heteroatoms. The first kappa shape index (κ1) is 21.8. The van der Waals surface area contributed by atoms with Gasteiger partial charge in [-0.1, -0.05) is 54.3 Å². The molecule has 0 fully saturated rings. The standard InChI is InChI=1S/C23H22Cl2N4OS/c1-13(2)12-29-14(3)19(20(26-23(29)31)16-5-4-6-18(25)11-16)22-27-21(28-30-22)15-7-9-17(24)10-8-15/h4-11,13,20H,12H2,1-3H3,(H,26,31). The average Bonchev–Trinajstić information content (AvgIpc) is 3.20. The Bertz CT molecular complexity index is 1140. The highest BCUT2D eigenvalue weighted by molar-refractivity contribution is 7.80. The van der Waals surface area contributed by atoms with E-state index in [0.29, 0.717) is 32.8 Å². The van der Waals surface area contributed by atoms with Crippen LogP contribution in [0.2, 0.25) is 10.0 Å². The van der Waals surface area contributed by atoms with Crippen molar-refractivity contribution in [1.82, 2.24) is 20.4 Å². The van der Waals surface area contributed by atoms with Crippen molar-refractivity contribution in [3.05, 3.63) is 75.7 Å². The maximum Gasteiger partial charge on any atom is 0.258 e. The zero-order valence-corrected chi connectivity index (χ0v) is 19.7. The summed E-state index contributed by atoms with van der Waals surface area (Å²) in [4.78, 5) is 6.79. The maximum absolute atomic E-state index is 6.28. The fourth-order valence-electron chi connectivity index (χ4n) is 3.63. The zero-order chi connectivity index (χ0) is 22.1. The molecule has 160 valence electrons. The highest BCUT2D eigenvalue weighted by atomic mass is 35.5. The molecule has 0 radical (unpaired) electrons. The molecule has 2 heterocycles. The third-order valence-corrected chi connectivity index (χ3v) is 5.91. The van der Waals surface area contributed by atoms with Crippen LogP contribution in [-0.4, -0.2) is 26.7 Å². The summed E-state index contributed by atoms with van der Waals surface area (Å²) >= 11 is 18.0. The minimum atomic E-state index is -0.256. The molecule has 3 aromatic rings. The second-order valence-electron chi connectivity index (χ2n) is 7.87. The highest BCUT2D eigenvalue weighted by Gasteiger charge is 2.34. The van der Waals surface area contributed by atoms with Crippen molar-refractivity contribution in [3.63, 3.8) is 0 Å². The molecule has 0 saturated heterocycles. The minimum absolute atomic E-state index is 0.256. The molecule has 0 aliphatic carbocycles. The summed E-state index contributed by atoms with van der Waals surface area (Å²) in [6.45, 7) is 7.13.